The van der Waals surface area contributed by atoms with E-state index in [0.717, 1.165) is 54.0 Å². The van der Waals surface area contributed by atoms with Gasteiger partial charge in [-0.1, -0.05) is 54.1 Å². The van der Waals surface area contributed by atoms with Crippen LogP contribution in [-0.4, -0.2) is 65.1 Å². The third-order valence-electron chi connectivity index (χ3n) is 10.0. The van der Waals surface area contributed by atoms with Gasteiger partial charge in [-0.2, -0.15) is 4.39 Å². The fourth-order valence-corrected chi connectivity index (χ4v) is 7.30. The zero-order chi connectivity index (χ0) is 36.1. The first-order chi connectivity index (χ1) is 24.5. The van der Waals surface area contributed by atoms with Gasteiger partial charge in [-0.15, -0.1) is 0 Å². The van der Waals surface area contributed by atoms with Gasteiger partial charge >= 0.3 is 5.97 Å². The Morgan fingerprint density at radius 2 is 1.69 bits per heavy atom. The van der Waals surface area contributed by atoms with E-state index in [4.69, 9.17) is 21.4 Å². The highest BCUT2D eigenvalue weighted by Gasteiger charge is 2.46. The second kappa shape index (κ2) is 15.9. The van der Waals surface area contributed by atoms with Crippen LogP contribution in [0.2, 0.25) is 5.02 Å². The first kappa shape index (κ1) is 36.4. The topological polar surface area (TPSA) is 108 Å². The molecule has 2 aliphatic heterocycles. The quantitative estimate of drug-likeness (QED) is 0.120. The van der Waals surface area contributed by atoms with Crippen molar-refractivity contribution in [2.45, 2.75) is 81.8 Å². The lowest BCUT2D eigenvalue weighted by Crippen LogP contribution is -2.62. The molecule has 8 nitrogen and oxygen atoms in total. The Bertz CT molecular complexity index is 1810. The van der Waals surface area contributed by atoms with Gasteiger partial charge in [0.05, 0.1) is 12.6 Å². The van der Waals surface area contributed by atoms with Crippen LogP contribution >= 0.6 is 11.6 Å². The van der Waals surface area contributed by atoms with Crippen molar-refractivity contribution in [1.82, 2.24) is 15.5 Å². The summed E-state index contributed by atoms with van der Waals surface area (Å²) < 4.78 is 46.6. The van der Waals surface area contributed by atoms with Gasteiger partial charge in [-0.3, -0.25) is 14.4 Å². The number of ether oxygens (including phenoxy) is 1. The molecule has 0 radical (unpaired) electrons. The van der Waals surface area contributed by atoms with E-state index in [1.54, 1.807) is 4.90 Å². The van der Waals surface area contributed by atoms with Crippen LogP contribution in [0.1, 0.15) is 68.1 Å². The van der Waals surface area contributed by atoms with Crippen molar-refractivity contribution in [3.63, 3.8) is 0 Å². The first-order valence-corrected chi connectivity index (χ1v) is 17.8. The number of fused-ring (bicyclic) bond motifs is 2. The van der Waals surface area contributed by atoms with E-state index in [-0.39, 0.29) is 49.3 Å². The number of piperazine rings is 1. The van der Waals surface area contributed by atoms with E-state index >= 15 is 0 Å². The molecule has 0 unspecified atom stereocenters. The Balaban J connectivity index is 1.17. The highest BCUT2D eigenvalue weighted by molar-refractivity contribution is 6.31. The van der Waals surface area contributed by atoms with Crippen LogP contribution in [0.4, 0.5) is 13.2 Å². The summed E-state index contributed by atoms with van der Waals surface area (Å²) in [6.07, 6.45) is 5.00. The molecule has 51 heavy (non-hydrogen) atoms. The molecule has 1 saturated carbocycles. The first-order valence-electron chi connectivity index (χ1n) is 17.4. The predicted octanol–water partition coefficient (Wildman–Crippen LogP) is 6.63. The number of carboxylic acids is 1. The van der Waals surface area contributed by atoms with Crippen molar-refractivity contribution < 1.29 is 37.4 Å². The Hall–Kier alpha value is -4.35. The summed E-state index contributed by atoms with van der Waals surface area (Å²) in [7, 11) is 0. The number of rotatable bonds is 15. The standard InChI is InChI=1S/C39H41ClF3N3O5/c40-29-7-2-1-6-26(29)16-17-39(18-19-39)45-38(50)35-28(21-27-22-46(23-32(35)44-27)33(47)8-3-9-34(48)49)25-12-10-24(11-13-25)5-4-20-51-37-31(42)15-14-30(41)36(37)43/h1-2,6-7,10-15,27,32,44H,3-5,8-9,16-23H2,(H,45,50)(H,48,49)/t27-,32-/m1/s1. The summed E-state index contributed by atoms with van der Waals surface area (Å²) in [6.45, 7) is 0.742. The highest BCUT2D eigenvalue weighted by Crippen LogP contribution is 2.42. The van der Waals surface area contributed by atoms with E-state index < -0.39 is 35.2 Å². The van der Waals surface area contributed by atoms with Crippen LogP contribution in [0.25, 0.3) is 5.57 Å². The molecule has 6 rings (SSSR count). The molecule has 3 aromatic rings. The number of halogens is 4. The smallest absolute Gasteiger partial charge is 0.303 e. The third kappa shape index (κ3) is 8.94. The van der Waals surface area contributed by atoms with Gasteiger partial charge in [0.25, 0.3) is 0 Å². The Labute approximate surface area is 300 Å². The van der Waals surface area contributed by atoms with Gasteiger partial charge in [-0.05, 0) is 91.8 Å². The lowest BCUT2D eigenvalue weighted by atomic mass is 9.82. The molecule has 12 heteroatoms. The minimum absolute atomic E-state index is 0.00665. The number of amides is 2. The molecule has 3 N–H and O–H groups in total. The molecule has 3 aliphatic rings. The van der Waals surface area contributed by atoms with E-state index in [1.165, 1.54) is 0 Å². The third-order valence-corrected chi connectivity index (χ3v) is 10.4. The number of benzene rings is 3. The fraction of sp³-hybridized carbons (Fsp3) is 0.410. The molecule has 2 atom stereocenters. The SMILES string of the molecule is O=C(O)CCCC(=O)N1C[C@H]2CC(c3ccc(CCCOc4c(F)ccc(F)c4F)cc3)=C(C(=O)NC3(CCc4ccccc4Cl)CC3)[C@@H](C1)N2. The van der Waals surface area contributed by atoms with E-state index in [1.807, 2.05) is 48.5 Å². The zero-order valence-electron chi connectivity index (χ0n) is 28.2. The van der Waals surface area contributed by atoms with Gasteiger partial charge in [-0.25, -0.2) is 8.78 Å². The zero-order valence-corrected chi connectivity index (χ0v) is 28.9. The lowest BCUT2D eigenvalue weighted by Gasteiger charge is -2.44. The lowest BCUT2D eigenvalue weighted by molar-refractivity contribution is -0.137. The van der Waals surface area contributed by atoms with Crippen molar-refractivity contribution in [1.29, 1.82) is 0 Å². The minimum atomic E-state index is -1.35. The molecule has 1 aliphatic carbocycles. The van der Waals surface area contributed by atoms with Crippen LogP contribution in [0.5, 0.6) is 5.75 Å². The van der Waals surface area contributed by atoms with Crippen molar-refractivity contribution >= 4 is 35.0 Å². The largest absolute Gasteiger partial charge is 0.488 e. The van der Waals surface area contributed by atoms with Gasteiger partial charge < -0.3 is 25.4 Å². The number of nitrogens with one attached hydrogen (secondary N) is 2. The van der Waals surface area contributed by atoms with Gasteiger partial charge in [0.15, 0.2) is 17.4 Å². The number of aliphatic carboxylic acids is 1. The molecule has 3 aromatic carbocycles. The Morgan fingerprint density at radius 3 is 2.41 bits per heavy atom. The van der Waals surface area contributed by atoms with Crippen LogP contribution in [0.15, 0.2) is 66.2 Å². The second-order valence-corrected chi connectivity index (χ2v) is 14.1. The summed E-state index contributed by atoms with van der Waals surface area (Å²) in [5.74, 6) is -5.44. The average Bonchev–Trinajstić information content (AvgIpc) is 3.87. The number of carboxylic acid groups (broad SMARTS) is 1. The van der Waals surface area contributed by atoms with E-state index in [0.29, 0.717) is 49.0 Å². The molecule has 270 valence electrons. The average molecular weight is 724 g/mol. The number of aryl methyl sites for hydroxylation is 2. The van der Waals surface area contributed by atoms with E-state index in [2.05, 4.69) is 10.6 Å². The summed E-state index contributed by atoms with van der Waals surface area (Å²) in [5, 5.41) is 16.6. The van der Waals surface area contributed by atoms with Gasteiger partial charge in [0.1, 0.15) is 0 Å². The molecule has 2 bridgehead atoms. The molecule has 1 saturated heterocycles. The minimum Gasteiger partial charge on any atom is -0.488 e. The summed E-state index contributed by atoms with van der Waals surface area (Å²) in [5.41, 5.74) is 4.05. The normalized spacial score (nSPS) is 19.1. The second-order valence-electron chi connectivity index (χ2n) is 13.7. The van der Waals surface area contributed by atoms with Gasteiger partial charge in [0, 0.05) is 48.1 Å². The predicted molar refractivity (Wildman–Crippen MR) is 187 cm³/mol. The van der Waals surface area contributed by atoms with Crippen molar-refractivity contribution in [2.24, 2.45) is 0 Å². The van der Waals surface area contributed by atoms with Crippen molar-refractivity contribution in [2.75, 3.05) is 19.7 Å². The summed E-state index contributed by atoms with van der Waals surface area (Å²) >= 11 is 6.41. The monoisotopic (exact) mass is 723 g/mol. The highest BCUT2D eigenvalue weighted by atomic mass is 35.5. The summed E-state index contributed by atoms with van der Waals surface area (Å²) in [6, 6.07) is 16.6. The van der Waals surface area contributed by atoms with Crippen molar-refractivity contribution in [3.05, 3.63) is 105 Å². The molecule has 0 spiro atoms. The molecule has 0 aromatic heterocycles. The molecule has 2 heterocycles. The van der Waals surface area contributed by atoms with Crippen molar-refractivity contribution in [3.8, 4) is 5.75 Å². The Kier molecular flexibility index (Phi) is 11.4. The number of hydrogen-bond donors (Lipinski definition) is 3. The number of carbonyl (C=O) groups is 3. The molecule has 2 amide bonds. The number of carbonyl (C=O) groups excluding carboxylic acids is 2. The molecular weight excluding hydrogens is 683 g/mol. The fourth-order valence-electron chi connectivity index (χ4n) is 7.07. The molecule has 2 fully saturated rings. The van der Waals surface area contributed by atoms with Crippen LogP contribution in [0, 0.1) is 17.5 Å². The van der Waals surface area contributed by atoms with Crippen LogP contribution in [-0.2, 0) is 27.2 Å². The Morgan fingerprint density at radius 1 is 0.941 bits per heavy atom. The maximum atomic E-state index is 14.3. The number of hydrogen-bond acceptors (Lipinski definition) is 5. The maximum Gasteiger partial charge on any atom is 0.303 e. The van der Waals surface area contributed by atoms with Crippen LogP contribution < -0.4 is 15.4 Å². The molecular formula is C39H41ClF3N3O5. The summed E-state index contributed by atoms with van der Waals surface area (Å²) in [4.78, 5) is 40.1. The van der Waals surface area contributed by atoms with E-state index in [9.17, 15) is 27.6 Å². The van der Waals surface area contributed by atoms with Crippen LogP contribution in [0.3, 0.4) is 0 Å². The maximum absolute atomic E-state index is 14.3. The van der Waals surface area contributed by atoms with Gasteiger partial charge in [0.2, 0.25) is 17.6 Å². The number of nitrogens with zero attached hydrogens (tertiary/aromatic N) is 1.